The van der Waals surface area contributed by atoms with Crippen molar-refractivity contribution in [1.82, 2.24) is 9.80 Å². The molecule has 0 aromatic heterocycles. The van der Waals surface area contributed by atoms with Crippen molar-refractivity contribution in [3.05, 3.63) is 84.2 Å². The van der Waals surface area contributed by atoms with Crippen LogP contribution >= 0.6 is 0 Å². The molecule has 0 N–H and O–H groups in total. The van der Waals surface area contributed by atoms with Crippen molar-refractivity contribution < 1.29 is 19.1 Å². The van der Waals surface area contributed by atoms with E-state index in [1.165, 1.54) is 12.2 Å². The topological polar surface area (TPSA) is 59.1 Å². The van der Waals surface area contributed by atoms with Gasteiger partial charge in [0.05, 0.1) is 24.3 Å². The van der Waals surface area contributed by atoms with Crippen LogP contribution in [0.15, 0.2) is 73.1 Å². The molecule has 0 bridgehead atoms. The zero-order chi connectivity index (χ0) is 22.6. The second-order valence-electron chi connectivity index (χ2n) is 7.33. The van der Waals surface area contributed by atoms with E-state index in [1.807, 2.05) is 52.5 Å². The maximum Gasteiger partial charge on any atom is 0.191 e. The second kappa shape index (κ2) is 12.2. The molecule has 164 valence electrons. The van der Waals surface area contributed by atoms with Crippen LogP contribution in [-0.2, 0) is 0 Å². The number of carbonyl (C=O) groups is 2. The van der Waals surface area contributed by atoms with E-state index < -0.39 is 0 Å². The summed E-state index contributed by atoms with van der Waals surface area (Å²) >= 11 is 0. The van der Waals surface area contributed by atoms with Gasteiger partial charge in [0.25, 0.3) is 0 Å². The Bertz CT molecular complexity index is 857. The first-order chi connectivity index (χ1) is 14.9. The maximum atomic E-state index is 12.4. The molecule has 0 spiro atoms. The summed E-state index contributed by atoms with van der Waals surface area (Å²) in [6, 6.07) is 14.3. The van der Waals surface area contributed by atoms with Crippen molar-refractivity contribution in [2.24, 2.45) is 0 Å². The summed E-state index contributed by atoms with van der Waals surface area (Å²) in [4.78, 5) is 28.4. The van der Waals surface area contributed by atoms with Crippen LogP contribution in [-0.4, -0.2) is 62.8 Å². The Morgan fingerprint density at radius 2 is 1.10 bits per heavy atom. The number of ether oxygens (including phenoxy) is 2. The quantitative estimate of drug-likeness (QED) is 0.292. The highest BCUT2D eigenvalue weighted by atomic mass is 16.5. The number of hydrogen-bond donors (Lipinski definition) is 0. The van der Waals surface area contributed by atoms with Crippen LogP contribution in [0.1, 0.15) is 27.1 Å². The Kier molecular flexibility index (Phi) is 9.36. The monoisotopic (exact) mass is 422 g/mol. The number of carbonyl (C=O) groups excluding carboxylic acids is 2. The van der Waals surface area contributed by atoms with E-state index in [0.29, 0.717) is 42.3 Å². The molecule has 2 aromatic rings. The third-order valence-corrected chi connectivity index (χ3v) is 4.16. The summed E-state index contributed by atoms with van der Waals surface area (Å²) in [6.45, 7) is 0.774. The normalized spacial score (nSPS) is 11.0. The predicted molar refractivity (Wildman–Crippen MR) is 123 cm³/mol. The molecule has 0 fully saturated rings. The number of nitrogens with zero attached hydrogens (tertiary/aromatic N) is 2. The molecule has 0 saturated carbocycles. The molecule has 31 heavy (non-hydrogen) atoms. The molecule has 0 atom stereocenters. The first-order valence-corrected chi connectivity index (χ1v) is 10.1. The van der Waals surface area contributed by atoms with E-state index in [4.69, 9.17) is 9.47 Å². The second-order valence-corrected chi connectivity index (χ2v) is 7.33. The molecule has 0 aliphatic rings. The van der Waals surface area contributed by atoms with E-state index >= 15 is 0 Å². The van der Waals surface area contributed by atoms with E-state index in [1.54, 1.807) is 46.5 Å². The summed E-state index contributed by atoms with van der Waals surface area (Å²) in [7, 11) is 7.43. The first-order valence-electron chi connectivity index (χ1n) is 10.1. The molecule has 0 unspecified atom stereocenters. The van der Waals surface area contributed by atoms with Gasteiger partial charge in [-0.2, -0.15) is 0 Å². The maximum absolute atomic E-state index is 12.4. The molecule has 6 heteroatoms. The summed E-state index contributed by atoms with van der Waals surface area (Å²) in [5, 5.41) is 0. The number of hydrogen-bond acceptors (Lipinski definition) is 6. The highest BCUT2D eigenvalue weighted by Crippen LogP contribution is 2.21. The molecule has 2 aromatic carbocycles. The lowest BCUT2D eigenvalue weighted by Crippen LogP contribution is -2.09. The van der Waals surface area contributed by atoms with Gasteiger partial charge in [-0.1, -0.05) is 24.3 Å². The fraction of sp³-hybridized carbons (Fsp3) is 0.280. The standard InChI is InChI=1S/C25H30N2O4/c1-26(2)16-14-22(28)20-10-5-7-12-24(20)30-18-9-19-31-25-13-8-6-11-21(25)23(29)15-17-27(3)4/h5-8,10-17H,9,18-19H2,1-4H3/b16-14+,17-15+. The van der Waals surface area contributed by atoms with Crippen LogP contribution in [0, 0.1) is 0 Å². The lowest BCUT2D eigenvalue weighted by Gasteiger charge is -2.12. The fourth-order valence-electron chi connectivity index (χ4n) is 2.63. The van der Waals surface area contributed by atoms with E-state index in [0.717, 1.165) is 0 Å². The minimum absolute atomic E-state index is 0.112. The minimum atomic E-state index is -0.112. The fourth-order valence-corrected chi connectivity index (χ4v) is 2.63. The molecule has 0 saturated heterocycles. The van der Waals surface area contributed by atoms with Crippen LogP contribution in [0.3, 0.4) is 0 Å². The Labute approximate surface area is 184 Å². The van der Waals surface area contributed by atoms with Gasteiger partial charge >= 0.3 is 0 Å². The Morgan fingerprint density at radius 3 is 1.48 bits per heavy atom. The number of para-hydroxylation sites is 2. The molecular formula is C25H30N2O4. The number of benzene rings is 2. The smallest absolute Gasteiger partial charge is 0.191 e. The molecule has 0 aliphatic carbocycles. The molecule has 0 radical (unpaired) electrons. The van der Waals surface area contributed by atoms with Crippen molar-refractivity contribution in [2.75, 3.05) is 41.4 Å². The minimum Gasteiger partial charge on any atom is -0.493 e. The summed E-state index contributed by atoms with van der Waals surface area (Å²) in [6.07, 6.45) is 7.05. The molecule has 6 nitrogen and oxygen atoms in total. The van der Waals surface area contributed by atoms with Gasteiger partial charge in [0.15, 0.2) is 11.6 Å². The van der Waals surface area contributed by atoms with E-state index in [9.17, 15) is 9.59 Å². The van der Waals surface area contributed by atoms with Gasteiger partial charge in [-0.25, -0.2) is 0 Å². The molecular weight excluding hydrogens is 392 g/mol. The van der Waals surface area contributed by atoms with E-state index in [2.05, 4.69) is 0 Å². The van der Waals surface area contributed by atoms with Crippen LogP contribution in [0.2, 0.25) is 0 Å². The third kappa shape index (κ3) is 8.01. The molecule has 2 rings (SSSR count). The van der Waals surface area contributed by atoms with Crippen LogP contribution in [0.5, 0.6) is 11.5 Å². The van der Waals surface area contributed by atoms with Crippen molar-refractivity contribution in [2.45, 2.75) is 6.42 Å². The number of rotatable bonds is 12. The SMILES string of the molecule is CN(C)/C=C/C(=O)c1ccccc1OCCCOc1ccccc1C(=O)/C=C/N(C)C. The highest BCUT2D eigenvalue weighted by Gasteiger charge is 2.11. The molecule has 0 heterocycles. The zero-order valence-corrected chi connectivity index (χ0v) is 18.6. The first kappa shape index (κ1) is 23.7. The average molecular weight is 423 g/mol. The van der Waals surface area contributed by atoms with Gasteiger partial charge in [-0.05, 0) is 24.3 Å². The van der Waals surface area contributed by atoms with Gasteiger partial charge in [-0.15, -0.1) is 0 Å². The van der Waals surface area contributed by atoms with Crippen molar-refractivity contribution in [3.63, 3.8) is 0 Å². The third-order valence-electron chi connectivity index (χ3n) is 4.16. The van der Waals surface area contributed by atoms with Gasteiger partial charge in [0.1, 0.15) is 11.5 Å². The van der Waals surface area contributed by atoms with E-state index in [-0.39, 0.29) is 11.6 Å². The van der Waals surface area contributed by atoms with Crippen molar-refractivity contribution in [1.29, 1.82) is 0 Å². The Hall–Kier alpha value is -3.54. The van der Waals surface area contributed by atoms with Crippen LogP contribution in [0.4, 0.5) is 0 Å². The Morgan fingerprint density at radius 1 is 0.710 bits per heavy atom. The zero-order valence-electron chi connectivity index (χ0n) is 18.6. The molecule has 0 amide bonds. The average Bonchev–Trinajstić information content (AvgIpc) is 2.76. The lowest BCUT2D eigenvalue weighted by atomic mass is 10.1. The lowest BCUT2D eigenvalue weighted by molar-refractivity contribution is 0.103. The van der Waals surface area contributed by atoms with Gasteiger partial charge in [-0.3, -0.25) is 9.59 Å². The van der Waals surface area contributed by atoms with Gasteiger partial charge in [0, 0.05) is 59.2 Å². The number of ketones is 2. The molecule has 0 aliphatic heterocycles. The summed E-state index contributed by atoms with van der Waals surface area (Å²) < 4.78 is 11.6. The van der Waals surface area contributed by atoms with Crippen molar-refractivity contribution in [3.8, 4) is 11.5 Å². The van der Waals surface area contributed by atoms with Gasteiger partial charge in [0.2, 0.25) is 0 Å². The number of allylic oxidation sites excluding steroid dienone is 2. The Balaban J connectivity index is 1.90. The summed E-state index contributed by atoms with van der Waals surface area (Å²) in [5.74, 6) is 0.859. The highest BCUT2D eigenvalue weighted by molar-refractivity contribution is 6.07. The van der Waals surface area contributed by atoms with Gasteiger partial charge < -0.3 is 19.3 Å². The summed E-state index contributed by atoms with van der Waals surface area (Å²) in [5.41, 5.74) is 1.04. The van der Waals surface area contributed by atoms with Crippen molar-refractivity contribution >= 4 is 11.6 Å². The van der Waals surface area contributed by atoms with Crippen LogP contribution in [0.25, 0.3) is 0 Å². The largest absolute Gasteiger partial charge is 0.493 e. The predicted octanol–water partition coefficient (Wildman–Crippen LogP) is 4.05. The van der Waals surface area contributed by atoms with Crippen LogP contribution < -0.4 is 9.47 Å².